The largest absolute Gasteiger partial charge is 0.496 e. The fourth-order valence-corrected chi connectivity index (χ4v) is 5.29. The van der Waals surface area contributed by atoms with Crippen LogP contribution in [0.5, 0.6) is 5.75 Å². The highest BCUT2D eigenvalue weighted by Crippen LogP contribution is 2.44. The van der Waals surface area contributed by atoms with Gasteiger partial charge in [-0.25, -0.2) is 4.79 Å². The molecule has 10 heteroatoms. The molecule has 3 aliphatic rings. The number of hydrogen-bond donors (Lipinski definition) is 0. The van der Waals surface area contributed by atoms with Gasteiger partial charge < -0.3 is 24.2 Å². The molecule has 0 saturated carbocycles. The molecule has 1 aromatic carbocycles. The summed E-state index contributed by atoms with van der Waals surface area (Å²) in [5.74, 6) is 0.396. The normalized spacial score (nSPS) is 23.9. The SMILES string of the molecule is COc1ccc(Cl)c(Cl)c1C1CCN2C(=O)CN(C3CN(C(=O)OC(C)(C)C)C3)C(=O)C2C1. The molecule has 180 valence electrons. The maximum atomic E-state index is 13.4. The molecule has 4 rings (SSSR count). The van der Waals surface area contributed by atoms with Crippen LogP contribution in [0.25, 0.3) is 0 Å². The second-order valence-electron chi connectivity index (χ2n) is 9.81. The Morgan fingerprint density at radius 1 is 1.12 bits per heavy atom. The van der Waals surface area contributed by atoms with Crippen molar-refractivity contribution in [1.29, 1.82) is 0 Å². The van der Waals surface area contributed by atoms with Gasteiger partial charge >= 0.3 is 6.09 Å². The zero-order valence-electron chi connectivity index (χ0n) is 19.3. The molecule has 33 heavy (non-hydrogen) atoms. The molecule has 3 aliphatic heterocycles. The van der Waals surface area contributed by atoms with E-state index in [1.807, 2.05) is 20.8 Å². The van der Waals surface area contributed by atoms with Crippen LogP contribution in [0, 0.1) is 0 Å². The Morgan fingerprint density at radius 2 is 1.82 bits per heavy atom. The topological polar surface area (TPSA) is 79.4 Å². The monoisotopic (exact) mass is 497 g/mol. The van der Waals surface area contributed by atoms with Crippen molar-refractivity contribution in [2.75, 3.05) is 33.3 Å². The van der Waals surface area contributed by atoms with Crippen LogP contribution in [0.15, 0.2) is 12.1 Å². The van der Waals surface area contributed by atoms with E-state index < -0.39 is 17.7 Å². The van der Waals surface area contributed by atoms with Crippen molar-refractivity contribution in [1.82, 2.24) is 14.7 Å². The highest BCUT2D eigenvalue weighted by atomic mass is 35.5. The fourth-order valence-electron chi connectivity index (χ4n) is 4.81. The molecule has 0 radical (unpaired) electrons. The standard InChI is InChI=1S/C23H29Cl2N3O5/c1-23(2,3)33-22(31)26-10-14(11-26)28-12-18(29)27-8-7-13(9-16(27)21(28)30)19-17(32-4)6-5-15(24)20(19)25/h5-6,13-14,16H,7-12H2,1-4H3. The first kappa shape index (κ1) is 24.0. The smallest absolute Gasteiger partial charge is 0.410 e. The molecule has 8 nitrogen and oxygen atoms in total. The summed E-state index contributed by atoms with van der Waals surface area (Å²) >= 11 is 12.8. The van der Waals surface area contributed by atoms with Crippen LogP contribution >= 0.6 is 23.2 Å². The number of piperidine rings is 1. The van der Waals surface area contributed by atoms with Crippen molar-refractivity contribution in [2.24, 2.45) is 0 Å². The molecule has 3 fully saturated rings. The van der Waals surface area contributed by atoms with E-state index in [2.05, 4.69) is 0 Å². The average molecular weight is 498 g/mol. The van der Waals surface area contributed by atoms with Crippen LogP contribution < -0.4 is 4.74 Å². The molecule has 1 aromatic rings. The summed E-state index contributed by atoms with van der Waals surface area (Å²) in [6.45, 7) is 6.65. The summed E-state index contributed by atoms with van der Waals surface area (Å²) in [5, 5.41) is 0.854. The highest BCUT2D eigenvalue weighted by molar-refractivity contribution is 6.42. The number of amides is 3. The molecule has 3 saturated heterocycles. The van der Waals surface area contributed by atoms with Crippen LogP contribution in [-0.4, -0.2) is 83.6 Å². The van der Waals surface area contributed by atoms with Gasteiger partial charge in [0.1, 0.15) is 23.9 Å². The number of fused-ring (bicyclic) bond motifs is 1. The maximum Gasteiger partial charge on any atom is 0.410 e. The number of carbonyl (C=O) groups is 3. The van der Waals surface area contributed by atoms with Gasteiger partial charge in [0, 0.05) is 25.2 Å². The number of carbonyl (C=O) groups excluding carboxylic acids is 3. The van der Waals surface area contributed by atoms with E-state index in [1.54, 1.807) is 33.9 Å². The number of ether oxygens (including phenoxy) is 2. The molecule has 0 bridgehead atoms. The Labute approximate surface area is 203 Å². The highest BCUT2D eigenvalue weighted by Gasteiger charge is 2.48. The van der Waals surface area contributed by atoms with Crippen molar-refractivity contribution in [3.63, 3.8) is 0 Å². The number of hydrogen-bond acceptors (Lipinski definition) is 5. The third-order valence-electron chi connectivity index (χ3n) is 6.47. The van der Waals surface area contributed by atoms with E-state index in [-0.39, 0.29) is 30.3 Å². The minimum Gasteiger partial charge on any atom is -0.496 e. The molecule has 2 atom stereocenters. The van der Waals surface area contributed by atoms with Gasteiger partial charge in [-0.15, -0.1) is 0 Å². The Balaban J connectivity index is 1.48. The molecule has 3 heterocycles. The number of halogens is 2. The van der Waals surface area contributed by atoms with E-state index in [1.165, 1.54) is 0 Å². The fraction of sp³-hybridized carbons (Fsp3) is 0.609. The van der Waals surface area contributed by atoms with Crippen LogP contribution in [0.4, 0.5) is 4.79 Å². The van der Waals surface area contributed by atoms with E-state index in [9.17, 15) is 14.4 Å². The lowest BCUT2D eigenvalue weighted by molar-refractivity contribution is -0.163. The van der Waals surface area contributed by atoms with Crippen LogP contribution in [0.2, 0.25) is 10.0 Å². The Kier molecular flexibility index (Phi) is 6.44. The first-order valence-electron chi connectivity index (χ1n) is 11.1. The number of nitrogens with zero attached hydrogens (tertiary/aromatic N) is 3. The molecular formula is C23H29Cl2N3O5. The van der Waals surface area contributed by atoms with Crippen LogP contribution in [0.1, 0.15) is 45.1 Å². The first-order valence-corrected chi connectivity index (χ1v) is 11.9. The van der Waals surface area contributed by atoms with E-state index in [0.29, 0.717) is 48.3 Å². The van der Waals surface area contributed by atoms with Gasteiger partial charge in [0.2, 0.25) is 11.8 Å². The number of rotatable bonds is 3. The summed E-state index contributed by atoms with van der Waals surface area (Å²) in [4.78, 5) is 43.4. The van der Waals surface area contributed by atoms with Gasteiger partial charge in [-0.05, 0) is 51.7 Å². The maximum absolute atomic E-state index is 13.4. The van der Waals surface area contributed by atoms with Gasteiger partial charge in [0.15, 0.2) is 0 Å². The van der Waals surface area contributed by atoms with E-state index >= 15 is 0 Å². The minimum absolute atomic E-state index is 0.0358. The summed E-state index contributed by atoms with van der Waals surface area (Å²) in [6, 6.07) is 2.70. The van der Waals surface area contributed by atoms with Crippen molar-refractivity contribution in [3.8, 4) is 5.75 Å². The van der Waals surface area contributed by atoms with Gasteiger partial charge in [0.25, 0.3) is 0 Å². The quantitative estimate of drug-likeness (QED) is 0.637. The Hall–Kier alpha value is -2.19. The molecule has 2 unspecified atom stereocenters. The van der Waals surface area contributed by atoms with Gasteiger partial charge in [-0.1, -0.05) is 23.2 Å². The molecule has 3 amide bonds. The Bertz CT molecular complexity index is 974. The second kappa shape index (κ2) is 8.87. The lowest BCUT2D eigenvalue weighted by atomic mass is 9.83. The van der Waals surface area contributed by atoms with Gasteiger partial charge in [0.05, 0.1) is 23.2 Å². The molecule has 0 aliphatic carbocycles. The second-order valence-corrected chi connectivity index (χ2v) is 10.6. The number of benzene rings is 1. The summed E-state index contributed by atoms with van der Waals surface area (Å²) in [7, 11) is 1.57. The first-order chi connectivity index (χ1) is 15.5. The van der Waals surface area contributed by atoms with Crippen molar-refractivity contribution >= 4 is 41.1 Å². The minimum atomic E-state index is -0.584. The average Bonchev–Trinajstić information content (AvgIpc) is 2.70. The third kappa shape index (κ3) is 4.60. The molecule has 0 aromatic heterocycles. The van der Waals surface area contributed by atoms with Crippen LogP contribution in [-0.2, 0) is 14.3 Å². The lowest BCUT2D eigenvalue weighted by Gasteiger charge is -2.51. The Morgan fingerprint density at radius 3 is 2.45 bits per heavy atom. The van der Waals surface area contributed by atoms with E-state index in [4.69, 9.17) is 32.7 Å². The third-order valence-corrected chi connectivity index (χ3v) is 7.29. The van der Waals surface area contributed by atoms with Gasteiger partial charge in [-0.2, -0.15) is 0 Å². The number of likely N-dealkylation sites (tertiary alicyclic amines) is 1. The zero-order chi connectivity index (χ0) is 24.1. The molecule has 0 N–H and O–H groups in total. The zero-order valence-corrected chi connectivity index (χ0v) is 20.8. The predicted octanol–water partition coefficient (Wildman–Crippen LogP) is 3.54. The molecule has 0 spiro atoms. The van der Waals surface area contributed by atoms with Gasteiger partial charge in [-0.3, -0.25) is 9.59 Å². The van der Waals surface area contributed by atoms with Crippen molar-refractivity contribution < 1.29 is 23.9 Å². The van der Waals surface area contributed by atoms with Crippen LogP contribution in [0.3, 0.4) is 0 Å². The molecular weight excluding hydrogens is 469 g/mol. The predicted molar refractivity (Wildman–Crippen MR) is 124 cm³/mol. The summed E-state index contributed by atoms with van der Waals surface area (Å²) in [6.07, 6.45) is 0.707. The van der Waals surface area contributed by atoms with Crippen molar-refractivity contribution in [2.45, 2.75) is 57.2 Å². The number of methoxy groups -OCH3 is 1. The summed E-state index contributed by atoms with van der Waals surface area (Å²) in [5.41, 5.74) is 0.197. The summed E-state index contributed by atoms with van der Waals surface area (Å²) < 4.78 is 10.9. The number of piperazine rings is 1. The van der Waals surface area contributed by atoms with E-state index in [0.717, 1.165) is 5.56 Å². The lowest BCUT2D eigenvalue weighted by Crippen LogP contribution is -2.70. The van der Waals surface area contributed by atoms with Crippen molar-refractivity contribution in [3.05, 3.63) is 27.7 Å².